The molecule has 2 aromatic rings. The van der Waals surface area contributed by atoms with Gasteiger partial charge in [0, 0.05) is 13.5 Å². The zero-order valence-corrected chi connectivity index (χ0v) is 20.0. The molecule has 2 unspecified atom stereocenters. The van der Waals surface area contributed by atoms with Crippen LogP contribution in [0.5, 0.6) is 0 Å². The largest absolute Gasteiger partial charge is 0.523 e. The standard InChI is InChI=1S/C24H22F3N3O5S/c1-30-20(31)23(29-21(30)28,18-11-7-4-8-12-18)22(35-36(32,33)24(25,26)27)14-17(13-19(15-22)34-2)16-9-5-3-6-10-16/h3-13,15H,14H2,1-2H3,(H2,28,29). The number of aliphatic imine (C=N–C) groups is 1. The smallest absolute Gasteiger partial charge is 0.497 e. The number of rotatable bonds is 6. The Hall–Kier alpha value is -3.64. The molecule has 12 heteroatoms. The number of methoxy groups -OCH3 is 1. The maximum atomic E-state index is 13.8. The van der Waals surface area contributed by atoms with Crippen molar-refractivity contribution in [3.8, 4) is 0 Å². The van der Waals surface area contributed by atoms with E-state index >= 15 is 0 Å². The third-order valence-electron chi connectivity index (χ3n) is 6.11. The van der Waals surface area contributed by atoms with Crippen molar-refractivity contribution in [2.75, 3.05) is 14.2 Å². The Morgan fingerprint density at radius 3 is 2.14 bits per heavy atom. The van der Waals surface area contributed by atoms with E-state index in [0.717, 1.165) is 11.0 Å². The summed E-state index contributed by atoms with van der Waals surface area (Å²) in [7, 11) is -3.70. The van der Waals surface area contributed by atoms with Crippen molar-refractivity contribution >= 4 is 27.6 Å². The van der Waals surface area contributed by atoms with Crippen LogP contribution in [0.2, 0.25) is 0 Å². The van der Waals surface area contributed by atoms with Crippen LogP contribution in [0.1, 0.15) is 17.5 Å². The van der Waals surface area contributed by atoms with Gasteiger partial charge in [0.1, 0.15) is 5.76 Å². The van der Waals surface area contributed by atoms with E-state index < -0.39 is 39.1 Å². The Bertz CT molecular complexity index is 1370. The molecule has 1 aliphatic carbocycles. The molecule has 1 heterocycles. The van der Waals surface area contributed by atoms with Crippen LogP contribution < -0.4 is 5.73 Å². The molecule has 2 aliphatic rings. The van der Waals surface area contributed by atoms with Gasteiger partial charge in [-0.2, -0.15) is 21.6 Å². The van der Waals surface area contributed by atoms with Gasteiger partial charge in [-0.15, -0.1) is 0 Å². The van der Waals surface area contributed by atoms with E-state index in [2.05, 4.69) is 4.99 Å². The SMILES string of the molecule is COC1=CC(OS(=O)(=O)C(F)(F)F)(C2(c3ccccc3)N=C(N)N(C)C2=O)CC(c2ccccc2)=C1. The molecular formula is C24H22F3N3O5S. The number of halogens is 3. The summed E-state index contributed by atoms with van der Waals surface area (Å²) in [5, 5.41) is 0. The Morgan fingerprint density at radius 2 is 1.64 bits per heavy atom. The quantitative estimate of drug-likeness (QED) is 0.461. The summed E-state index contributed by atoms with van der Waals surface area (Å²) in [5.74, 6) is -1.21. The number of benzene rings is 2. The van der Waals surface area contributed by atoms with Gasteiger partial charge < -0.3 is 10.5 Å². The lowest BCUT2D eigenvalue weighted by atomic mass is 9.68. The molecule has 2 aromatic carbocycles. The van der Waals surface area contributed by atoms with E-state index in [9.17, 15) is 26.4 Å². The molecule has 0 aromatic heterocycles. The normalized spacial score (nSPS) is 24.8. The number of amides is 1. The summed E-state index contributed by atoms with van der Waals surface area (Å²) in [4.78, 5) is 19.0. The number of ether oxygens (including phenoxy) is 1. The molecule has 36 heavy (non-hydrogen) atoms. The lowest BCUT2D eigenvalue weighted by Gasteiger charge is -2.44. The van der Waals surface area contributed by atoms with Gasteiger partial charge in [0.2, 0.25) is 5.54 Å². The van der Waals surface area contributed by atoms with E-state index in [1.165, 1.54) is 44.5 Å². The third kappa shape index (κ3) is 3.95. The lowest BCUT2D eigenvalue weighted by molar-refractivity contribution is -0.138. The molecule has 0 bridgehead atoms. The molecule has 1 aliphatic heterocycles. The molecule has 0 radical (unpaired) electrons. The first-order chi connectivity index (χ1) is 16.9. The van der Waals surface area contributed by atoms with Gasteiger partial charge >= 0.3 is 15.6 Å². The molecule has 0 fully saturated rings. The number of alkyl halides is 3. The molecular weight excluding hydrogens is 499 g/mol. The van der Waals surface area contributed by atoms with Gasteiger partial charge in [-0.1, -0.05) is 60.7 Å². The van der Waals surface area contributed by atoms with Crippen LogP contribution in [0.4, 0.5) is 13.2 Å². The van der Waals surface area contributed by atoms with Gasteiger partial charge in [0.05, 0.1) is 7.11 Å². The van der Waals surface area contributed by atoms with Crippen LogP contribution in [-0.2, 0) is 29.4 Å². The number of nitrogens with zero attached hydrogens (tertiary/aromatic N) is 2. The van der Waals surface area contributed by atoms with Gasteiger partial charge in [-0.25, -0.2) is 9.18 Å². The van der Waals surface area contributed by atoms with Crippen LogP contribution in [0.15, 0.2) is 83.6 Å². The molecule has 2 N–H and O–H groups in total. The number of guanidine groups is 1. The first-order valence-electron chi connectivity index (χ1n) is 10.6. The highest BCUT2D eigenvalue weighted by atomic mass is 32.2. The fourth-order valence-electron chi connectivity index (χ4n) is 4.40. The Labute approximate surface area is 205 Å². The maximum absolute atomic E-state index is 13.8. The summed E-state index contributed by atoms with van der Waals surface area (Å²) >= 11 is 0. The highest BCUT2D eigenvalue weighted by Gasteiger charge is 2.67. The second-order valence-electron chi connectivity index (χ2n) is 8.25. The minimum Gasteiger partial charge on any atom is -0.497 e. The van der Waals surface area contributed by atoms with Crippen LogP contribution in [-0.4, -0.2) is 50.5 Å². The number of likely N-dealkylation sites (N-methyl/N-ethyl adjacent to an activating group) is 1. The minimum absolute atomic E-state index is 0.0242. The van der Waals surface area contributed by atoms with Crippen molar-refractivity contribution in [2.24, 2.45) is 10.7 Å². The predicted octanol–water partition coefficient (Wildman–Crippen LogP) is 3.29. The summed E-state index contributed by atoms with van der Waals surface area (Å²) in [6, 6.07) is 16.1. The van der Waals surface area contributed by atoms with E-state index in [1.807, 2.05) is 0 Å². The molecule has 0 spiro atoms. The maximum Gasteiger partial charge on any atom is 0.523 e. The number of nitrogens with two attached hydrogens (primary N) is 1. The van der Waals surface area contributed by atoms with Crippen molar-refractivity contribution < 1.29 is 35.3 Å². The summed E-state index contributed by atoms with van der Waals surface area (Å²) in [5.41, 5.74) is -3.69. The number of carbonyl (C=O) groups excluding carboxylic acids is 1. The van der Waals surface area contributed by atoms with Gasteiger partial charge in [-0.3, -0.25) is 9.69 Å². The zero-order valence-electron chi connectivity index (χ0n) is 19.2. The van der Waals surface area contributed by atoms with Crippen LogP contribution in [0.25, 0.3) is 5.57 Å². The highest BCUT2D eigenvalue weighted by molar-refractivity contribution is 7.87. The highest BCUT2D eigenvalue weighted by Crippen LogP contribution is 2.53. The van der Waals surface area contributed by atoms with E-state index in [-0.39, 0.29) is 17.3 Å². The van der Waals surface area contributed by atoms with Crippen molar-refractivity contribution in [3.05, 3.63) is 89.7 Å². The Kier molecular flexibility index (Phi) is 6.21. The second kappa shape index (κ2) is 8.79. The van der Waals surface area contributed by atoms with Crippen molar-refractivity contribution in [1.82, 2.24) is 4.90 Å². The molecule has 8 nitrogen and oxygen atoms in total. The fraction of sp³-hybridized carbons (Fsp3) is 0.250. The van der Waals surface area contributed by atoms with E-state index in [0.29, 0.717) is 11.1 Å². The first-order valence-corrected chi connectivity index (χ1v) is 12.0. The molecule has 0 saturated carbocycles. The zero-order chi connectivity index (χ0) is 26.4. The average molecular weight is 522 g/mol. The predicted molar refractivity (Wildman–Crippen MR) is 125 cm³/mol. The monoisotopic (exact) mass is 521 g/mol. The van der Waals surface area contributed by atoms with Gasteiger partial charge in [-0.05, 0) is 28.9 Å². The molecule has 1 amide bonds. The van der Waals surface area contributed by atoms with Crippen molar-refractivity contribution in [1.29, 1.82) is 0 Å². The van der Waals surface area contributed by atoms with E-state index in [1.54, 1.807) is 36.4 Å². The van der Waals surface area contributed by atoms with E-state index in [4.69, 9.17) is 14.7 Å². The van der Waals surface area contributed by atoms with Crippen molar-refractivity contribution in [3.63, 3.8) is 0 Å². The summed E-state index contributed by atoms with van der Waals surface area (Å²) < 4.78 is 76.5. The van der Waals surface area contributed by atoms with Crippen LogP contribution in [0, 0.1) is 0 Å². The van der Waals surface area contributed by atoms with Gasteiger partial charge in [0.15, 0.2) is 11.6 Å². The third-order valence-corrected chi connectivity index (χ3v) is 7.19. The minimum atomic E-state index is -6.24. The lowest BCUT2D eigenvalue weighted by Crippen LogP contribution is -2.59. The Morgan fingerprint density at radius 1 is 1.06 bits per heavy atom. The van der Waals surface area contributed by atoms with Crippen LogP contribution in [0.3, 0.4) is 0 Å². The number of carbonyl (C=O) groups is 1. The Balaban J connectivity index is 2.08. The van der Waals surface area contributed by atoms with Crippen molar-refractivity contribution in [2.45, 2.75) is 23.1 Å². The number of hydrogen-bond acceptors (Lipinski definition) is 7. The molecule has 190 valence electrons. The van der Waals surface area contributed by atoms with Crippen LogP contribution >= 0.6 is 0 Å². The topological polar surface area (TPSA) is 111 Å². The summed E-state index contributed by atoms with van der Waals surface area (Å²) in [6.45, 7) is 0. The second-order valence-corrected chi connectivity index (χ2v) is 9.78. The molecule has 4 rings (SSSR count). The number of hydrogen-bond donors (Lipinski definition) is 1. The molecule has 2 atom stereocenters. The fourth-order valence-corrected chi connectivity index (χ4v) is 5.12. The average Bonchev–Trinajstić information content (AvgIpc) is 3.09. The molecule has 0 saturated heterocycles. The number of allylic oxidation sites excluding steroid dienone is 1. The first kappa shape index (κ1) is 25.5. The summed E-state index contributed by atoms with van der Waals surface area (Å²) in [6.07, 6.45) is 2.10. The van der Waals surface area contributed by atoms with Gasteiger partial charge in [0.25, 0.3) is 5.91 Å².